The Labute approximate surface area is 182 Å². The minimum Gasteiger partial charge on any atom is -0.367 e. The van der Waals surface area contributed by atoms with E-state index in [1.165, 1.54) is 10.6 Å². The van der Waals surface area contributed by atoms with Gasteiger partial charge in [-0.05, 0) is 60.7 Å². The van der Waals surface area contributed by atoms with Crippen molar-refractivity contribution in [2.24, 2.45) is 5.92 Å². The lowest BCUT2D eigenvalue weighted by molar-refractivity contribution is 0.459. The maximum absolute atomic E-state index is 11.9. The van der Waals surface area contributed by atoms with Gasteiger partial charge < -0.3 is 4.90 Å². The number of sulfonamides is 1. The molecule has 0 unspecified atom stereocenters. The number of nitriles is 1. The first-order valence-electron chi connectivity index (χ1n) is 9.32. The van der Waals surface area contributed by atoms with Gasteiger partial charge in [0.25, 0.3) is 0 Å². The van der Waals surface area contributed by atoms with Crippen LogP contribution in [-0.4, -0.2) is 38.6 Å². The third-order valence-corrected chi connectivity index (χ3v) is 7.12. The molecule has 0 aromatic heterocycles. The van der Waals surface area contributed by atoms with Crippen LogP contribution in [0.2, 0.25) is 10.0 Å². The second-order valence-electron chi connectivity index (χ2n) is 7.50. The number of hydrogen-bond donors (Lipinski definition) is 0. The van der Waals surface area contributed by atoms with Crippen molar-refractivity contribution in [1.82, 2.24) is 4.31 Å². The molecule has 0 spiro atoms. The van der Waals surface area contributed by atoms with E-state index in [4.69, 9.17) is 28.5 Å². The first-order chi connectivity index (χ1) is 13.7. The summed E-state index contributed by atoms with van der Waals surface area (Å²) in [6.45, 7) is 4.41. The molecule has 2 aromatic rings. The van der Waals surface area contributed by atoms with Crippen molar-refractivity contribution in [3.05, 3.63) is 63.1 Å². The number of aryl methyl sites for hydroxylation is 1. The minimum absolute atomic E-state index is 0.215. The molecule has 1 saturated heterocycles. The van der Waals surface area contributed by atoms with Gasteiger partial charge in [0, 0.05) is 36.9 Å². The van der Waals surface area contributed by atoms with E-state index >= 15 is 0 Å². The summed E-state index contributed by atoms with van der Waals surface area (Å²) in [5.74, 6) is 0.215. The predicted octanol–water partition coefficient (Wildman–Crippen LogP) is 4.46. The van der Waals surface area contributed by atoms with Gasteiger partial charge in [-0.25, -0.2) is 12.7 Å². The lowest BCUT2D eigenvalue weighted by Gasteiger charge is -2.29. The Balaban J connectivity index is 1.87. The lowest BCUT2D eigenvalue weighted by Crippen LogP contribution is -2.32. The highest BCUT2D eigenvalue weighted by atomic mass is 35.5. The molecule has 2 aromatic carbocycles. The van der Waals surface area contributed by atoms with Gasteiger partial charge in [0.2, 0.25) is 10.0 Å². The molecule has 0 N–H and O–H groups in total. The fourth-order valence-corrected chi connectivity index (χ4v) is 5.02. The van der Waals surface area contributed by atoms with E-state index in [0.717, 1.165) is 23.2 Å². The highest BCUT2D eigenvalue weighted by Gasteiger charge is 2.30. The average Bonchev–Trinajstić information content (AvgIpc) is 3.12. The summed E-state index contributed by atoms with van der Waals surface area (Å²) >= 11 is 12.4. The van der Waals surface area contributed by atoms with Crippen molar-refractivity contribution >= 4 is 38.9 Å². The molecule has 5 nitrogen and oxygen atoms in total. The topological polar surface area (TPSA) is 64.4 Å². The molecule has 1 atom stereocenters. The summed E-state index contributed by atoms with van der Waals surface area (Å²) < 4.78 is 25.3. The van der Waals surface area contributed by atoms with Gasteiger partial charge in [-0.2, -0.15) is 5.26 Å². The molecule has 0 saturated carbocycles. The van der Waals surface area contributed by atoms with Crippen LogP contribution in [0.5, 0.6) is 0 Å². The molecule has 1 aliphatic rings. The van der Waals surface area contributed by atoms with Crippen molar-refractivity contribution in [1.29, 1.82) is 5.26 Å². The minimum atomic E-state index is -3.18. The van der Waals surface area contributed by atoms with Crippen LogP contribution in [0, 0.1) is 24.2 Å². The van der Waals surface area contributed by atoms with Gasteiger partial charge >= 0.3 is 0 Å². The summed E-state index contributed by atoms with van der Waals surface area (Å²) in [4.78, 5) is 2.19. The Morgan fingerprint density at radius 3 is 2.59 bits per heavy atom. The van der Waals surface area contributed by atoms with Crippen molar-refractivity contribution in [2.45, 2.75) is 19.9 Å². The van der Waals surface area contributed by atoms with Crippen LogP contribution in [0.3, 0.4) is 0 Å². The summed E-state index contributed by atoms with van der Waals surface area (Å²) in [5.41, 5.74) is 3.56. The molecular weight excluding hydrogens is 429 g/mol. The third kappa shape index (κ3) is 5.43. The van der Waals surface area contributed by atoms with Crippen molar-refractivity contribution in [3.8, 4) is 6.07 Å². The van der Waals surface area contributed by atoms with Crippen LogP contribution in [0.4, 0.5) is 5.69 Å². The molecule has 1 heterocycles. The largest absolute Gasteiger partial charge is 0.367 e. The fraction of sp³-hybridized carbons (Fsp3) is 0.381. The monoisotopic (exact) mass is 451 g/mol. The standard InChI is InChI=1S/C21H23Cl2N3O2S/c1-15-9-19(22)5-3-18(15)14-25(20-6-4-17(11-24)21(23)10-20)12-16-7-8-26(13-16)29(2,27)28/h3-6,9-10,16H,7-8,12-14H2,1-2H3/t16-/m1/s1. The number of halogens is 2. The summed E-state index contributed by atoms with van der Waals surface area (Å²) in [6, 6.07) is 13.3. The second-order valence-corrected chi connectivity index (χ2v) is 10.3. The highest BCUT2D eigenvalue weighted by Crippen LogP contribution is 2.29. The van der Waals surface area contributed by atoms with Gasteiger partial charge in [0.1, 0.15) is 6.07 Å². The van der Waals surface area contributed by atoms with E-state index in [-0.39, 0.29) is 5.92 Å². The van der Waals surface area contributed by atoms with Crippen molar-refractivity contribution in [2.75, 3.05) is 30.8 Å². The first kappa shape index (κ1) is 21.9. The maximum Gasteiger partial charge on any atom is 0.211 e. The van der Waals surface area contributed by atoms with Crippen molar-refractivity contribution in [3.63, 3.8) is 0 Å². The quantitative estimate of drug-likeness (QED) is 0.649. The van der Waals surface area contributed by atoms with Crippen LogP contribution in [0.25, 0.3) is 0 Å². The fourth-order valence-electron chi connectivity index (χ4n) is 3.65. The van der Waals surface area contributed by atoms with Crippen molar-refractivity contribution < 1.29 is 8.42 Å². The lowest BCUT2D eigenvalue weighted by atomic mass is 10.0. The summed E-state index contributed by atoms with van der Waals surface area (Å²) in [6.07, 6.45) is 2.07. The number of nitrogens with zero attached hydrogens (tertiary/aromatic N) is 3. The summed E-state index contributed by atoms with van der Waals surface area (Å²) in [5, 5.41) is 10.3. The van der Waals surface area contributed by atoms with Gasteiger partial charge in [-0.1, -0.05) is 29.3 Å². The molecule has 0 amide bonds. The maximum atomic E-state index is 11.9. The molecule has 29 heavy (non-hydrogen) atoms. The molecule has 154 valence electrons. The predicted molar refractivity (Wildman–Crippen MR) is 118 cm³/mol. The zero-order valence-corrected chi connectivity index (χ0v) is 18.7. The van der Waals surface area contributed by atoms with Gasteiger partial charge in [-0.3, -0.25) is 0 Å². The SMILES string of the molecule is Cc1cc(Cl)ccc1CN(C[C@H]1CCN(S(C)(=O)=O)C1)c1ccc(C#N)c(Cl)c1. The molecule has 0 radical (unpaired) electrons. The zero-order chi connectivity index (χ0) is 21.2. The Hall–Kier alpha value is -1.78. The number of hydrogen-bond acceptors (Lipinski definition) is 4. The van der Waals surface area contributed by atoms with E-state index < -0.39 is 10.0 Å². The molecule has 1 fully saturated rings. The normalized spacial score (nSPS) is 17.3. The van der Waals surface area contributed by atoms with Crippen LogP contribution >= 0.6 is 23.2 Å². The number of anilines is 1. The Morgan fingerprint density at radius 1 is 1.24 bits per heavy atom. The van der Waals surface area contributed by atoms with Crippen LogP contribution in [0.15, 0.2) is 36.4 Å². The van der Waals surface area contributed by atoms with E-state index in [1.807, 2.05) is 31.2 Å². The Kier molecular flexibility index (Phi) is 6.75. The highest BCUT2D eigenvalue weighted by molar-refractivity contribution is 7.88. The Morgan fingerprint density at radius 2 is 2.00 bits per heavy atom. The molecule has 8 heteroatoms. The van der Waals surface area contributed by atoms with E-state index in [2.05, 4.69) is 11.0 Å². The van der Waals surface area contributed by atoms with E-state index in [0.29, 0.717) is 41.8 Å². The van der Waals surface area contributed by atoms with Crippen LogP contribution < -0.4 is 4.90 Å². The van der Waals surface area contributed by atoms with Gasteiger partial charge in [0.15, 0.2) is 0 Å². The van der Waals surface area contributed by atoms with Crippen LogP contribution in [-0.2, 0) is 16.6 Å². The molecule has 1 aliphatic heterocycles. The number of rotatable bonds is 6. The number of benzene rings is 2. The zero-order valence-electron chi connectivity index (χ0n) is 16.4. The average molecular weight is 452 g/mol. The molecular formula is C21H23Cl2N3O2S. The molecule has 0 bridgehead atoms. The molecule has 3 rings (SSSR count). The van der Waals surface area contributed by atoms with E-state index in [9.17, 15) is 8.42 Å². The smallest absolute Gasteiger partial charge is 0.211 e. The van der Waals surface area contributed by atoms with Crippen LogP contribution in [0.1, 0.15) is 23.1 Å². The Bertz CT molecular complexity index is 1050. The summed E-state index contributed by atoms with van der Waals surface area (Å²) in [7, 11) is -3.18. The third-order valence-electron chi connectivity index (χ3n) is 5.30. The van der Waals surface area contributed by atoms with E-state index in [1.54, 1.807) is 12.1 Å². The molecule has 0 aliphatic carbocycles. The first-order valence-corrected chi connectivity index (χ1v) is 11.9. The second kappa shape index (κ2) is 8.93. The van der Waals surface area contributed by atoms with Gasteiger partial charge in [0.05, 0.1) is 16.8 Å². The van der Waals surface area contributed by atoms with Gasteiger partial charge in [-0.15, -0.1) is 0 Å².